The summed E-state index contributed by atoms with van der Waals surface area (Å²) in [5.41, 5.74) is 0. The molecule has 0 saturated heterocycles. The Bertz CT molecular complexity index is 571. The van der Waals surface area contributed by atoms with Crippen molar-refractivity contribution >= 4 is 26.7 Å². The zero-order valence-corrected chi connectivity index (χ0v) is 13.4. The summed E-state index contributed by atoms with van der Waals surface area (Å²) >= 11 is 3.57. The highest BCUT2D eigenvalue weighted by molar-refractivity contribution is 9.10. The minimum atomic E-state index is -0.518. The Balaban J connectivity index is 2.01. The van der Waals surface area contributed by atoms with Crippen LogP contribution in [0.15, 0.2) is 40.9 Å². The third-order valence-electron chi connectivity index (χ3n) is 3.02. The van der Waals surface area contributed by atoms with Crippen molar-refractivity contribution < 1.29 is 9.84 Å². The smallest absolute Gasteiger partial charge is 0.134 e. The number of ether oxygens (including phenoxy) is 1. The molecular formula is C16H20BrNO2. The van der Waals surface area contributed by atoms with Crippen molar-refractivity contribution in [3.8, 4) is 5.75 Å². The molecule has 20 heavy (non-hydrogen) atoms. The molecule has 0 aliphatic heterocycles. The van der Waals surface area contributed by atoms with Gasteiger partial charge in [-0.3, -0.25) is 0 Å². The molecule has 0 aromatic heterocycles. The maximum atomic E-state index is 9.86. The number of aliphatic hydroxyl groups excluding tert-OH is 1. The second-order valence-electron chi connectivity index (χ2n) is 5.13. The van der Waals surface area contributed by atoms with Crippen LogP contribution in [0.2, 0.25) is 0 Å². The number of benzene rings is 2. The third kappa shape index (κ3) is 3.95. The first-order valence-corrected chi connectivity index (χ1v) is 7.58. The second kappa shape index (κ2) is 7.07. The number of fused-ring (bicyclic) bond motifs is 1. The zero-order chi connectivity index (χ0) is 14.5. The van der Waals surface area contributed by atoms with E-state index in [1.54, 1.807) is 0 Å². The summed E-state index contributed by atoms with van der Waals surface area (Å²) in [4.78, 5) is 0. The molecule has 3 nitrogen and oxygen atoms in total. The maximum Gasteiger partial charge on any atom is 0.134 e. The molecule has 1 unspecified atom stereocenters. The lowest BCUT2D eigenvalue weighted by atomic mass is 10.1. The van der Waals surface area contributed by atoms with E-state index in [4.69, 9.17) is 4.74 Å². The van der Waals surface area contributed by atoms with Gasteiger partial charge in [0.15, 0.2) is 0 Å². The Hall–Kier alpha value is -1.10. The van der Waals surface area contributed by atoms with Gasteiger partial charge in [0.05, 0.1) is 4.47 Å². The SMILES string of the molecule is CC(C)NCC(O)COc1ccc2ccccc2c1Br. The van der Waals surface area contributed by atoms with Crippen LogP contribution in [0.25, 0.3) is 10.8 Å². The van der Waals surface area contributed by atoms with Gasteiger partial charge in [-0.2, -0.15) is 0 Å². The summed E-state index contributed by atoms with van der Waals surface area (Å²) < 4.78 is 6.63. The summed E-state index contributed by atoms with van der Waals surface area (Å²) in [5, 5.41) is 15.3. The number of halogens is 1. The topological polar surface area (TPSA) is 41.5 Å². The molecule has 0 bridgehead atoms. The standard InChI is InChI=1S/C16H20BrNO2/c1-11(2)18-9-13(19)10-20-15-8-7-12-5-3-4-6-14(12)16(15)17/h3-8,11,13,18-19H,9-10H2,1-2H3. The molecule has 0 saturated carbocycles. The molecule has 2 aromatic carbocycles. The second-order valence-corrected chi connectivity index (χ2v) is 5.92. The molecule has 0 radical (unpaired) electrons. The van der Waals surface area contributed by atoms with Gasteiger partial charge in [0.25, 0.3) is 0 Å². The molecule has 0 aliphatic carbocycles. The largest absolute Gasteiger partial charge is 0.490 e. The molecule has 0 amide bonds. The van der Waals surface area contributed by atoms with Crippen molar-refractivity contribution in [2.75, 3.05) is 13.2 Å². The van der Waals surface area contributed by atoms with Crippen molar-refractivity contribution in [1.82, 2.24) is 5.32 Å². The first-order valence-electron chi connectivity index (χ1n) is 6.79. The number of rotatable bonds is 6. The lowest BCUT2D eigenvalue weighted by Crippen LogP contribution is -2.35. The van der Waals surface area contributed by atoms with Crippen molar-refractivity contribution in [2.45, 2.75) is 26.0 Å². The minimum Gasteiger partial charge on any atom is -0.490 e. The average molecular weight is 338 g/mol. The van der Waals surface area contributed by atoms with Gasteiger partial charge in [0.1, 0.15) is 18.5 Å². The Morgan fingerprint density at radius 3 is 2.70 bits per heavy atom. The lowest BCUT2D eigenvalue weighted by Gasteiger charge is -2.16. The molecule has 2 N–H and O–H groups in total. The van der Waals surface area contributed by atoms with Crippen LogP contribution in [0.4, 0.5) is 0 Å². The van der Waals surface area contributed by atoms with Gasteiger partial charge in [-0.25, -0.2) is 0 Å². The lowest BCUT2D eigenvalue weighted by molar-refractivity contribution is 0.104. The molecule has 0 aliphatic rings. The molecule has 0 spiro atoms. The highest BCUT2D eigenvalue weighted by atomic mass is 79.9. The van der Waals surface area contributed by atoms with E-state index in [0.717, 1.165) is 21.0 Å². The van der Waals surface area contributed by atoms with Gasteiger partial charge in [-0.15, -0.1) is 0 Å². The van der Waals surface area contributed by atoms with Crippen LogP contribution >= 0.6 is 15.9 Å². The average Bonchev–Trinajstić information content (AvgIpc) is 2.44. The molecule has 2 aromatic rings. The van der Waals surface area contributed by atoms with Gasteiger partial charge >= 0.3 is 0 Å². The number of hydrogen-bond acceptors (Lipinski definition) is 3. The Kier molecular flexibility index (Phi) is 5.40. The molecule has 108 valence electrons. The minimum absolute atomic E-state index is 0.274. The monoisotopic (exact) mass is 337 g/mol. The summed E-state index contributed by atoms with van der Waals surface area (Å²) in [6.07, 6.45) is -0.518. The van der Waals surface area contributed by atoms with Crippen molar-refractivity contribution in [2.24, 2.45) is 0 Å². The maximum absolute atomic E-state index is 9.86. The molecule has 2 rings (SSSR count). The Labute approximate surface area is 128 Å². The van der Waals surface area contributed by atoms with Gasteiger partial charge in [-0.05, 0) is 32.8 Å². The fourth-order valence-electron chi connectivity index (χ4n) is 1.94. The predicted molar refractivity (Wildman–Crippen MR) is 86.3 cm³/mol. The first-order chi connectivity index (χ1) is 9.58. The summed E-state index contributed by atoms with van der Waals surface area (Å²) in [6.45, 7) is 4.90. The number of hydrogen-bond donors (Lipinski definition) is 2. The van der Waals surface area contributed by atoms with Crippen LogP contribution in [0, 0.1) is 0 Å². The van der Waals surface area contributed by atoms with Crippen LogP contribution in [0.1, 0.15) is 13.8 Å². The van der Waals surface area contributed by atoms with Crippen LogP contribution in [-0.4, -0.2) is 30.4 Å². The van der Waals surface area contributed by atoms with Crippen LogP contribution in [0.3, 0.4) is 0 Å². The van der Waals surface area contributed by atoms with Crippen molar-refractivity contribution in [3.05, 3.63) is 40.9 Å². The van der Waals surface area contributed by atoms with E-state index in [-0.39, 0.29) is 6.61 Å². The van der Waals surface area contributed by atoms with E-state index in [2.05, 4.69) is 27.3 Å². The quantitative estimate of drug-likeness (QED) is 0.849. The normalized spacial score (nSPS) is 12.8. The molecule has 0 heterocycles. The summed E-state index contributed by atoms with van der Waals surface area (Å²) in [6, 6.07) is 12.4. The molecule has 0 fully saturated rings. The number of nitrogens with one attached hydrogen (secondary N) is 1. The van der Waals surface area contributed by atoms with Crippen LogP contribution < -0.4 is 10.1 Å². The highest BCUT2D eigenvalue weighted by Crippen LogP contribution is 2.33. The molecule has 1 atom stereocenters. The van der Waals surface area contributed by atoms with Crippen molar-refractivity contribution in [1.29, 1.82) is 0 Å². The molecule has 4 heteroatoms. The zero-order valence-electron chi connectivity index (χ0n) is 11.8. The van der Waals surface area contributed by atoms with E-state index in [1.807, 2.05) is 44.2 Å². The van der Waals surface area contributed by atoms with E-state index in [9.17, 15) is 5.11 Å². The Morgan fingerprint density at radius 1 is 1.20 bits per heavy atom. The van der Waals surface area contributed by atoms with E-state index in [1.165, 1.54) is 0 Å². The summed E-state index contributed by atoms with van der Waals surface area (Å²) in [5.74, 6) is 0.757. The van der Waals surface area contributed by atoms with E-state index >= 15 is 0 Å². The highest BCUT2D eigenvalue weighted by Gasteiger charge is 2.09. The van der Waals surface area contributed by atoms with Gasteiger partial charge in [-0.1, -0.05) is 44.2 Å². The number of aliphatic hydroxyl groups is 1. The molecular weight excluding hydrogens is 318 g/mol. The van der Waals surface area contributed by atoms with Crippen LogP contribution in [0.5, 0.6) is 5.75 Å². The van der Waals surface area contributed by atoms with E-state index in [0.29, 0.717) is 12.6 Å². The predicted octanol–water partition coefficient (Wildman–Crippen LogP) is 3.34. The summed E-state index contributed by atoms with van der Waals surface area (Å²) in [7, 11) is 0. The van der Waals surface area contributed by atoms with Crippen molar-refractivity contribution in [3.63, 3.8) is 0 Å². The Morgan fingerprint density at radius 2 is 1.95 bits per heavy atom. The van der Waals surface area contributed by atoms with Gasteiger partial charge in [0.2, 0.25) is 0 Å². The van der Waals surface area contributed by atoms with E-state index < -0.39 is 6.10 Å². The third-order valence-corrected chi connectivity index (χ3v) is 3.84. The fourth-order valence-corrected chi connectivity index (χ4v) is 2.55. The fraction of sp³-hybridized carbons (Fsp3) is 0.375. The first kappa shape index (κ1) is 15.3. The van der Waals surface area contributed by atoms with Gasteiger partial charge in [0, 0.05) is 12.6 Å². The van der Waals surface area contributed by atoms with Gasteiger partial charge < -0.3 is 15.2 Å². The van der Waals surface area contributed by atoms with Crippen LogP contribution in [-0.2, 0) is 0 Å².